The van der Waals surface area contributed by atoms with Crippen LogP contribution in [0.4, 0.5) is 4.79 Å². The van der Waals surface area contributed by atoms with E-state index in [0.29, 0.717) is 0 Å². The molecule has 0 aromatic rings. The first-order valence-electron chi connectivity index (χ1n) is 4.88. The maximum absolute atomic E-state index is 11.5. The molecule has 0 aliphatic heterocycles. The van der Waals surface area contributed by atoms with Crippen LogP contribution >= 0.6 is 0 Å². The Morgan fingerprint density at radius 2 is 1.82 bits per heavy atom. The van der Waals surface area contributed by atoms with Crippen molar-refractivity contribution in [2.45, 2.75) is 25.4 Å². The molecule has 1 unspecified atom stereocenters. The number of aliphatic hydroxyl groups is 1. The largest absolute Gasteiger partial charge is 0.481 e. The number of hydrogen-bond acceptors (Lipinski definition) is 4. The second-order valence-electron chi connectivity index (χ2n) is 3.58. The van der Waals surface area contributed by atoms with Crippen LogP contribution in [-0.4, -0.2) is 63.9 Å². The third-order valence-corrected chi connectivity index (χ3v) is 2.22. The number of nitrogens with one attached hydrogen (secondary N) is 1. The standard InChI is InChI=1S/C9H16N2O6/c1-5(4-12)11(2)9(17)10-6(8(15)16)3-7(13)14/h5-6,12H,3-4H2,1-2H3,(H,10,17)(H,13,14)(H,15,16)/t5?,6-/m0/s1. The predicted octanol–water partition coefficient (Wildman–Crippen LogP) is -1.06. The average Bonchev–Trinajstić information content (AvgIpc) is 2.25. The van der Waals surface area contributed by atoms with Crippen molar-refractivity contribution in [3.63, 3.8) is 0 Å². The van der Waals surface area contributed by atoms with E-state index in [1.807, 2.05) is 0 Å². The molecule has 0 aromatic carbocycles. The normalized spacial score (nSPS) is 13.6. The van der Waals surface area contributed by atoms with Gasteiger partial charge in [0.05, 0.1) is 19.1 Å². The van der Waals surface area contributed by atoms with Crippen LogP contribution in [0.1, 0.15) is 13.3 Å². The highest BCUT2D eigenvalue weighted by atomic mass is 16.4. The van der Waals surface area contributed by atoms with E-state index in [2.05, 4.69) is 5.32 Å². The second kappa shape index (κ2) is 6.69. The zero-order chi connectivity index (χ0) is 13.6. The summed E-state index contributed by atoms with van der Waals surface area (Å²) >= 11 is 0. The number of carbonyl (C=O) groups excluding carboxylic acids is 1. The van der Waals surface area contributed by atoms with Crippen molar-refractivity contribution < 1.29 is 29.7 Å². The average molecular weight is 248 g/mol. The number of likely N-dealkylation sites (N-methyl/N-ethyl adjacent to an activating group) is 1. The van der Waals surface area contributed by atoms with Gasteiger partial charge in [-0.05, 0) is 6.92 Å². The number of rotatable bonds is 6. The van der Waals surface area contributed by atoms with Crippen molar-refractivity contribution in [3.8, 4) is 0 Å². The van der Waals surface area contributed by atoms with Crippen molar-refractivity contribution in [2.75, 3.05) is 13.7 Å². The summed E-state index contributed by atoms with van der Waals surface area (Å²) < 4.78 is 0. The van der Waals surface area contributed by atoms with Gasteiger partial charge < -0.3 is 25.5 Å². The van der Waals surface area contributed by atoms with E-state index >= 15 is 0 Å². The summed E-state index contributed by atoms with van der Waals surface area (Å²) in [4.78, 5) is 33.7. The van der Waals surface area contributed by atoms with Gasteiger partial charge in [0.15, 0.2) is 0 Å². The van der Waals surface area contributed by atoms with Crippen LogP contribution in [0.25, 0.3) is 0 Å². The van der Waals surface area contributed by atoms with Gasteiger partial charge in [-0.25, -0.2) is 9.59 Å². The van der Waals surface area contributed by atoms with Crippen molar-refractivity contribution in [2.24, 2.45) is 0 Å². The molecule has 17 heavy (non-hydrogen) atoms. The lowest BCUT2D eigenvalue weighted by Crippen LogP contribution is -2.50. The van der Waals surface area contributed by atoms with E-state index in [-0.39, 0.29) is 6.61 Å². The van der Waals surface area contributed by atoms with Gasteiger partial charge in [0.1, 0.15) is 6.04 Å². The molecule has 2 amide bonds. The first-order chi connectivity index (χ1) is 7.79. The molecule has 0 heterocycles. The Hall–Kier alpha value is -1.83. The fourth-order valence-electron chi connectivity index (χ4n) is 0.948. The van der Waals surface area contributed by atoms with Gasteiger partial charge in [0.25, 0.3) is 0 Å². The van der Waals surface area contributed by atoms with Crippen LogP contribution in [0.15, 0.2) is 0 Å². The van der Waals surface area contributed by atoms with E-state index in [0.717, 1.165) is 4.90 Å². The number of aliphatic hydroxyl groups excluding tert-OH is 1. The SMILES string of the molecule is CC(CO)N(C)C(=O)N[C@@H](CC(=O)O)C(=O)O. The lowest BCUT2D eigenvalue weighted by atomic mass is 10.2. The van der Waals surface area contributed by atoms with Crippen molar-refractivity contribution in [1.82, 2.24) is 10.2 Å². The van der Waals surface area contributed by atoms with E-state index in [1.54, 1.807) is 6.92 Å². The number of amides is 2. The minimum Gasteiger partial charge on any atom is -0.481 e. The zero-order valence-corrected chi connectivity index (χ0v) is 9.58. The molecule has 0 radical (unpaired) electrons. The number of nitrogens with zero attached hydrogens (tertiary/aromatic N) is 1. The summed E-state index contributed by atoms with van der Waals surface area (Å²) in [5, 5.41) is 28.0. The van der Waals surface area contributed by atoms with Gasteiger partial charge in [-0.15, -0.1) is 0 Å². The number of carboxylic acid groups (broad SMARTS) is 2. The Labute approximate surface area is 97.8 Å². The van der Waals surface area contributed by atoms with E-state index in [9.17, 15) is 14.4 Å². The predicted molar refractivity (Wildman–Crippen MR) is 56.5 cm³/mol. The highest BCUT2D eigenvalue weighted by Gasteiger charge is 2.25. The summed E-state index contributed by atoms with van der Waals surface area (Å²) in [6.45, 7) is 1.28. The summed E-state index contributed by atoms with van der Waals surface area (Å²) in [6, 6.07) is -2.73. The van der Waals surface area contributed by atoms with E-state index < -0.39 is 36.5 Å². The highest BCUT2D eigenvalue weighted by Crippen LogP contribution is 1.98. The van der Waals surface area contributed by atoms with Crippen LogP contribution in [0, 0.1) is 0 Å². The molecule has 0 aliphatic carbocycles. The summed E-state index contributed by atoms with van der Waals surface area (Å²) in [7, 11) is 1.37. The summed E-state index contributed by atoms with van der Waals surface area (Å²) in [6.07, 6.45) is -0.706. The van der Waals surface area contributed by atoms with Gasteiger partial charge >= 0.3 is 18.0 Å². The van der Waals surface area contributed by atoms with Crippen LogP contribution < -0.4 is 5.32 Å². The Morgan fingerprint density at radius 1 is 1.29 bits per heavy atom. The Morgan fingerprint density at radius 3 is 2.18 bits per heavy atom. The second-order valence-corrected chi connectivity index (χ2v) is 3.58. The van der Waals surface area contributed by atoms with Gasteiger partial charge in [0.2, 0.25) is 0 Å². The number of urea groups is 1. The molecule has 2 atom stereocenters. The maximum atomic E-state index is 11.5. The lowest BCUT2D eigenvalue weighted by Gasteiger charge is -2.25. The minimum atomic E-state index is -1.49. The van der Waals surface area contributed by atoms with Gasteiger partial charge in [0, 0.05) is 7.05 Å². The van der Waals surface area contributed by atoms with Gasteiger partial charge in [-0.2, -0.15) is 0 Å². The lowest BCUT2D eigenvalue weighted by molar-refractivity contribution is -0.145. The topological polar surface area (TPSA) is 127 Å². The molecule has 0 aromatic heterocycles. The molecule has 0 bridgehead atoms. The quantitative estimate of drug-likeness (QED) is 0.474. The number of aliphatic carboxylic acids is 2. The van der Waals surface area contributed by atoms with Crippen LogP contribution in [0.3, 0.4) is 0 Å². The molecule has 98 valence electrons. The minimum absolute atomic E-state index is 0.277. The number of carbonyl (C=O) groups is 3. The molecule has 4 N–H and O–H groups in total. The van der Waals surface area contributed by atoms with Crippen LogP contribution in [0.5, 0.6) is 0 Å². The summed E-state index contributed by atoms with van der Waals surface area (Å²) in [5.41, 5.74) is 0. The number of carboxylic acids is 2. The van der Waals surface area contributed by atoms with Crippen LogP contribution in [0.2, 0.25) is 0 Å². The first-order valence-corrected chi connectivity index (χ1v) is 4.88. The Balaban J connectivity index is 4.50. The number of hydrogen-bond donors (Lipinski definition) is 4. The molecule has 8 nitrogen and oxygen atoms in total. The third-order valence-electron chi connectivity index (χ3n) is 2.22. The van der Waals surface area contributed by atoms with E-state index in [1.165, 1.54) is 7.05 Å². The highest BCUT2D eigenvalue weighted by molar-refractivity contribution is 5.86. The monoisotopic (exact) mass is 248 g/mol. The molecular weight excluding hydrogens is 232 g/mol. The Bertz CT molecular complexity index is 306. The van der Waals surface area contributed by atoms with Crippen molar-refractivity contribution in [3.05, 3.63) is 0 Å². The van der Waals surface area contributed by atoms with Crippen molar-refractivity contribution in [1.29, 1.82) is 0 Å². The molecule has 0 saturated carbocycles. The van der Waals surface area contributed by atoms with Gasteiger partial charge in [-0.3, -0.25) is 4.79 Å². The fourth-order valence-corrected chi connectivity index (χ4v) is 0.948. The van der Waals surface area contributed by atoms with Crippen LogP contribution in [-0.2, 0) is 9.59 Å². The smallest absolute Gasteiger partial charge is 0.326 e. The van der Waals surface area contributed by atoms with E-state index in [4.69, 9.17) is 15.3 Å². The molecule has 0 saturated heterocycles. The first kappa shape index (κ1) is 15.2. The fraction of sp³-hybridized carbons (Fsp3) is 0.667. The molecular formula is C9H16N2O6. The third kappa shape index (κ3) is 5.16. The molecule has 0 fully saturated rings. The zero-order valence-electron chi connectivity index (χ0n) is 9.58. The van der Waals surface area contributed by atoms with Crippen molar-refractivity contribution >= 4 is 18.0 Å². The molecule has 0 aliphatic rings. The maximum Gasteiger partial charge on any atom is 0.326 e. The molecule has 0 spiro atoms. The Kier molecular flexibility index (Phi) is 5.97. The molecule has 0 rings (SSSR count). The summed E-state index contributed by atoms with van der Waals surface area (Å²) in [5.74, 6) is -2.75. The van der Waals surface area contributed by atoms with Gasteiger partial charge in [-0.1, -0.05) is 0 Å². The molecule has 8 heteroatoms.